The minimum atomic E-state index is -0.651. The third-order valence-corrected chi connectivity index (χ3v) is 6.25. The average Bonchev–Trinajstić information content (AvgIpc) is 2.95. The molecule has 0 spiro atoms. The number of ether oxygens (including phenoxy) is 3. The van der Waals surface area contributed by atoms with Crippen LogP contribution < -0.4 is 19.5 Å². The van der Waals surface area contributed by atoms with Gasteiger partial charge in [-0.3, -0.25) is 9.59 Å². The number of nitrogens with zero attached hydrogens (tertiary/aromatic N) is 1. The number of rotatable bonds is 13. The average molecular weight is 505 g/mol. The van der Waals surface area contributed by atoms with Crippen molar-refractivity contribution in [1.29, 1.82) is 0 Å². The molecule has 0 heterocycles. The van der Waals surface area contributed by atoms with Crippen LogP contribution in [0, 0.1) is 0 Å². The van der Waals surface area contributed by atoms with E-state index in [1.165, 1.54) is 0 Å². The topological polar surface area (TPSA) is 77.1 Å². The first kappa shape index (κ1) is 27.6. The Balaban J connectivity index is 1.78. The Morgan fingerprint density at radius 1 is 0.811 bits per heavy atom. The molecule has 0 bridgehead atoms. The molecule has 0 aromatic heterocycles. The minimum Gasteiger partial charge on any atom is -0.497 e. The molecule has 0 radical (unpaired) electrons. The summed E-state index contributed by atoms with van der Waals surface area (Å²) >= 11 is 0. The van der Waals surface area contributed by atoms with Crippen LogP contribution in [0.2, 0.25) is 0 Å². The standard InChI is InChI=1S/C30H36N2O5/c1-5-29(33)32(21-24-11-14-25(35-2)15-12-24)26(19-22-9-7-6-8-10-22)30(34)31-18-17-23-13-16-27(36-3)28(20-23)37-4/h6-16,20,26H,5,17-19,21H2,1-4H3,(H,31,34)/t26-/m1/s1. The summed E-state index contributed by atoms with van der Waals surface area (Å²) in [6.45, 7) is 2.57. The van der Waals surface area contributed by atoms with Crippen LogP contribution in [0.25, 0.3) is 0 Å². The van der Waals surface area contributed by atoms with Crippen molar-refractivity contribution in [2.24, 2.45) is 0 Å². The van der Waals surface area contributed by atoms with Crippen molar-refractivity contribution in [3.05, 3.63) is 89.5 Å². The van der Waals surface area contributed by atoms with Crippen LogP contribution in [0.5, 0.6) is 17.2 Å². The summed E-state index contributed by atoms with van der Waals surface area (Å²) in [6.07, 6.45) is 1.34. The van der Waals surface area contributed by atoms with E-state index in [0.717, 1.165) is 22.4 Å². The Morgan fingerprint density at radius 3 is 2.11 bits per heavy atom. The van der Waals surface area contributed by atoms with Crippen molar-refractivity contribution in [3.8, 4) is 17.2 Å². The number of benzene rings is 3. The van der Waals surface area contributed by atoms with Gasteiger partial charge in [0.2, 0.25) is 11.8 Å². The van der Waals surface area contributed by atoms with Gasteiger partial charge in [0.1, 0.15) is 11.8 Å². The Labute approximate surface area is 219 Å². The zero-order chi connectivity index (χ0) is 26.6. The molecule has 0 aliphatic carbocycles. The lowest BCUT2D eigenvalue weighted by Gasteiger charge is -2.31. The molecule has 1 N–H and O–H groups in total. The van der Waals surface area contributed by atoms with Gasteiger partial charge < -0.3 is 24.4 Å². The lowest BCUT2D eigenvalue weighted by Crippen LogP contribution is -2.50. The second kappa shape index (κ2) is 13.9. The third kappa shape index (κ3) is 7.74. The van der Waals surface area contributed by atoms with Gasteiger partial charge in [-0.2, -0.15) is 0 Å². The highest BCUT2D eigenvalue weighted by atomic mass is 16.5. The van der Waals surface area contributed by atoms with Gasteiger partial charge in [0.15, 0.2) is 11.5 Å². The van der Waals surface area contributed by atoms with E-state index >= 15 is 0 Å². The molecule has 0 unspecified atom stereocenters. The van der Waals surface area contributed by atoms with Crippen molar-refractivity contribution in [2.75, 3.05) is 27.9 Å². The SMILES string of the molecule is CCC(=O)N(Cc1ccc(OC)cc1)[C@H](Cc1ccccc1)C(=O)NCCc1ccc(OC)c(OC)c1. The smallest absolute Gasteiger partial charge is 0.243 e. The van der Waals surface area contributed by atoms with Crippen molar-refractivity contribution in [3.63, 3.8) is 0 Å². The van der Waals surface area contributed by atoms with E-state index in [2.05, 4.69) is 5.32 Å². The van der Waals surface area contributed by atoms with Crippen molar-refractivity contribution >= 4 is 11.8 Å². The second-order valence-electron chi connectivity index (χ2n) is 8.66. The van der Waals surface area contributed by atoms with Crippen molar-refractivity contribution in [2.45, 2.75) is 38.8 Å². The lowest BCUT2D eigenvalue weighted by molar-refractivity contribution is -0.141. The summed E-state index contributed by atoms with van der Waals surface area (Å²) in [7, 11) is 4.81. The lowest BCUT2D eigenvalue weighted by atomic mass is 10.0. The van der Waals surface area contributed by atoms with Crippen LogP contribution in [-0.2, 0) is 29.0 Å². The van der Waals surface area contributed by atoms with E-state index in [1.807, 2.05) is 79.7 Å². The molecule has 7 heteroatoms. The van der Waals surface area contributed by atoms with Crippen LogP contribution >= 0.6 is 0 Å². The normalized spacial score (nSPS) is 11.4. The molecular formula is C30H36N2O5. The van der Waals surface area contributed by atoms with Crippen molar-refractivity contribution in [1.82, 2.24) is 10.2 Å². The van der Waals surface area contributed by atoms with E-state index < -0.39 is 6.04 Å². The molecule has 3 rings (SSSR count). The fourth-order valence-electron chi connectivity index (χ4n) is 4.17. The summed E-state index contributed by atoms with van der Waals surface area (Å²) in [5, 5.41) is 3.06. The number of amides is 2. The second-order valence-corrected chi connectivity index (χ2v) is 8.66. The first-order valence-electron chi connectivity index (χ1n) is 12.4. The molecule has 196 valence electrons. The summed E-state index contributed by atoms with van der Waals surface area (Å²) in [5.41, 5.74) is 2.93. The molecule has 1 atom stereocenters. The Hall–Kier alpha value is -4.00. The maximum Gasteiger partial charge on any atom is 0.243 e. The molecule has 0 aliphatic rings. The molecule has 37 heavy (non-hydrogen) atoms. The number of carbonyl (C=O) groups is 2. The van der Waals surface area contributed by atoms with E-state index in [-0.39, 0.29) is 11.8 Å². The van der Waals surface area contributed by atoms with Crippen molar-refractivity contribution < 1.29 is 23.8 Å². The van der Waals surface area contributed by atoms with Gasteiger partial charge in [-0.1, -0.05) is 55.5 Å². The molecule has 3 aromatic rings. The quantitative estimate of drug-likeness (QED) is 0.373. The molecule has 0 aliphatic heterocycles. The van der Waals surface area contributed by atoms with Crippen LogP contribution in [0.1, 0.15) is 30.0 Å². The fourth-order valence-corrected chi connectivity index (χ4v) is 4.17. The van der Waals surface area contributed by atoms with E-state index in [4.69, 9.17) is 14.2 Å². The van der Waals surface area contributed by atoms with Crippen LogP contribution in [-0.4, -0.2) is 50.6 Å². The van der Waals surface area contributed by atoms with Crippen LogP contribution in [0.4, 0.5) is 0 Å². The van der Waals surface area contributed by atoms with E-state index in [9.17, 15) is 9.59 Å². The van der Waals surface area contributed by atoms with Gasteiger partial charge in [0.25, 0.3) is 0 Å². The molecular weight excluding hydrogens is 468 g/mol. The number of hydrogen-bond acceptors (Lipinski definition) is 5. The number of nitrogens with one attached hydrogen (secondary N) is 1. The highest BCUT2D eigenvalue weighted by Gasteiger charge is 2.29. The maximum absolute atomic E-state index is 13.5. The van der Waals surface area contributed by atoms with Gasteiger partial charge in [-0.05, 0) is 47.4 Å². The summed E-state index contributed by atoms with van der Waals surface area (Å²) < 4.78 is 15.9. The fraction of sp³-hybridized carbons (Fsp3) is 0.333. The highest BCUT2D eigenvalue weighted by Crippen LogP contribution is 2.27. The molecule has 7 nitrogen and oxygen atoms in total. The molecule has 0 saturated heterocycles. The Bertz CT molecular complexity index is 1150. The first-order valence-corrected chi connectivity index (χ1v) is 12.4. The first-order chi connectivity index (χ1) is 18.0. The molecule has 3 aromatic carbocycles. The Morgan fingerprint density at radius 2 is 1.49 bits per heavy atom. The summed E-state index contributed by atoms with van der Waals surface area (Å²) in [5.74, 6) is 1.79. The van der Waals surface area contributed by atoms with Gasteiger partial charge >= 0.3 is 0 Å². The zero-order valence-corrected chi connectivity index (χ0v) is 22.0. The van der Waals surface area contributed by atoms with Gasteiger partial charge in [0, 0.05) is 25.9 Å². The predicted molar refractivity (Wildman–Crippen MR) is 144 cm³/mol. The van der Waals surface area contributed by atoms with Gasteiger partial charge in [-0.25, -0.2) is 0 Å². The number of methoxy groups -OCH3 is 3. The highest BCUT2D eigenvalue weighted by molar-refractivity contribution is 5.88. The van der Waals surface area contributed by atoms with Crippen LogP contribution in [0.15, 0.2) is 72.8 Å². The van der Waals surface area contributed by atoms with Gasteiger partial charge in [-0.15, -0.1) is 0 Å². The largest absolute Gasteiger partial charge is 0.497 e. The monoisotopic (exact) mass is 504 g/mol. The van der Waals surface area contributed by atoms with E-state index in [1.54, 1.807) is 26.2 Å². The predicted octanol–water partition coefficient (Wildman–Crippen LogP) is 4.42. The molecule has 0 fully saturated rings. The summed E-state index contributed by atoms with van der Waals surface area (Å²) in [6, 6.07) is 22.4. The summed E-state index contributed by atoms with van der Waals surface area (Å²) in [4.78, 5) is 28.3. The van der Waals surface area contributed by atoms with Crippen LogP contribution in [0.3, 0.4) is 0 Å². The number of carbonyl (C=O) groups excluding carboxylic acids is 2. The van der Waals surface area contributed by atoms with E-state index in [0.29, 0.717) is 43.9 Å². The third-order valence-electron chi connectivity index (χ3n) is 6.25. The Kier molecular flexibility index (Phi) is 10.4. The maximum atomic E-state index is 13.5. The molecule has 2 amide bonds. The van der Waals surface area contributed by atoms with Gasteiger partial charge in [0.05, 0.1) is 21.3 Å². The zero-order valence-electron chi connectivity index (χ0n) is 22.0. The number of hydrogen-bond donors (Lipinski definition) is 1. The molecule has 0 saturated carbocycles. The minimum absolute atomic E-state index is 0.0770.